The average Bonchev–Trinajstić information content (AvgIpc) is 2.22. The van der Waals surface area contributed by atoms with Gasteiger partial charge in [0.25, 0.3) is 0 Å². The molecule has 0 aliphatic carbocycles. The van der Waals surface area contributed by atoms with Crippen LogP contribution in [0.15, 0.2) is 12.7 Å². The van der Waals surface area contributed by atoms with Crippen molar-refractivity contribution >= 4 is 5.91 Å². The minimum Gasteiger partial charge on any atom is -0.355 e. The molecular weight excluding hydrogens is 176 g/mol. The second-order valence-electron chi connectivity index (χ2n) is 3.52. The van der Waals surface area contributed by atoms with E-state index in [0.717, 1.165) is 19.3 Å². The van der Waals surface area contributed by atoms with Gasteiger partial charge in [0.2, 0.25) is 5.91 Å². The topological polar surface area (TPSA) is 55.1 Å². The summed E-state index contributed by atoms with van der Waals surface area (Å²) in [5.41, 5.74) is 5.28. The van der Waals surface area contributed by atoms with Crippen LogP contribution < -0.4 is 11.1 Å². The first-order valence-corrected chi connectivity index (χ1v) is 5.26. The van der Waals surface area contributed by atoms with E-state index in [9.17, 15) is 4.79 Å². The normalized spacial score (nSPS) is 11.1. The van der Waals surface area contributed by atoms with Crippen molar-refractivity contribution in [3.05, 3.63) is 12.7 Å². The van der Waals surface area contributed by atoms with E-state index in [-0.39, 0.29) is 11.3 Å². The van der Waals surface area contributed by atoms with E-state index >= 15 is 0 Å². The van der Waals surface area contributed by atoms with Gasteiger partial charge in [0.15, 0.2) is 0 Å². The summed E-state index contributed by atoms with van der Waals surface area (Å²) in [7, 11) is 0. The largest absolute Gasteiger partial charge is 0.355 e. The molecule has 0 rings (SSSR count). The zero-order valence-corrected chi connectivity index (χ0v) is 9.31. The second kappa shape index (κ2) is 6.60. The molecule has 0 unspecified atom stereocenters. The Hall–Kier alpha value is -0.830. The van der Waals surface area contributed by atoms with E-state index in [2.05, 4.69) is 11.9 Å². The van der Waals surface area contributed by atoms with Gasteiger partial charge in [-0.3, -0.25) is 4.79 Å². The van der Waals surface area contributed by atoms with Crippen LogP contribution in [-0.2, 0) is 4.79 Å². The quantitative estimate of drug-likeness (QED) is 0.480. The third kappa shape index (κ3) is 3.14. The Morgan fingerprint density at radius 3 is 2.43 bits per heavy atom. The number of hydrogen-bond acceptors (Lipinski definition) is 2. The summed E-state index contributed by atoms with van der Waals surface area (Å²) in [5.74, 6) is 0.0758. The molecule has 0 atom stereocenters. The monoisotopic (exact) mass is 198 g/mol. The van der Waals surface area contributed by atoms with Gasteiger partial charge in [0, 0.05) is 13.1 Å². The molecule has 0 bridgehead atoms. The Labute approximate surface area is 86.8 Å². The predicted molar refractivity (Wildman–Crippen MR) is 59.9 cm³/mol. The lowest BCUT2D eigenvalue weighted by molar-refractivity contribution is -0.130. The molecule has 0 saturated heterocycles. The van der Waals surface area contributed by atoms with Crippen LogP contribution in [0, 0.1) is 5.41 Å². The van der Waals surface area contributed by atoms with Crippen molar-refractivity contribution in [2.45, 2.75) is 33.1 Å². The van der Waals surface area contributed by atoms with Crippen molar-refractivity contribution in [2.75, 3.05) is 13.1 Å². The molecule has 3 nitrogen and oxygen atoms in total. The highest BCUT2D eigenvalue weighted by Crippen LogP contribution is 2.24. The molecule has 1 amide bonds. The molecule has 3 N–H and O–H groups in total. The maximum absolute atomic E-state index is 11.8. The smallest absolute Gasteiger partial charge is 0.227 e. The van der Waals surface area contributed by atoms with Gasteiger partial charge in [-0.2, -0.15) is 0 Å². The molecule has 0 aromatic heterocycles. The first kappa shape index (κ1) is 13.2. The number of carbonyl (C=O) groups is 1. The van der Waals surface area contributed by atoms with Crippen molar-refractivity contribution in [1.82, 2.24) is 5.32 Å². The van der Waals surface area contributed by atoms with Gasteiger partial charge in [0.05, 0.1) is 5.41 Å². The average molecular weight is 198 g/mol. The van der Waals surface area contributed by atoms with Crippen LogP contribution in [0.2, 0.25) is 0 Å². The zero-order chi connectivity index (χ0) is 11.0. The highest BCUT2D eigenvalue weighted by Gasteiger charge is 2.32. The van der Waals surface area contributed by atoms with Crippen molar-refractivity contribution in [3.8, 4) is 0 Å². The zero-order valence-electron chi connectivity index (χ0n) is 9.31. The van der Waals surface area contributed by atoms with E-state index in [1.807, 2.05) is 13.8 Å². The van der Waals surface area contributed by atoms with Crippen LogP contribution in [0.25, 0.3) is 0 Å². The van der Waals surface area contributed by atoms with Gasteiger partial charge in [-0.25, -0.2) is 0 Å². The van der Waals surface area contributed by atoms with Gasteiger partial charge in [-0.1, -0.05) is 19.9 Å². The molecule has 0 aromatic rings. The van der Waals surface area contributed by atoms with Crippen molar-refractivity contribution < 1.29 is 4.79 Å². The van der Waals surface area contributed by atoms with Crippen molar-refractivity contribution in [2.24, 2.45) is 11.1 Å². The van der Waals surface area contributed by atoms with Crippen LogP contribution >= 0.6 is 0 Å². The molecular formula is C11H22N2O. The first-order valence-electron chi connectivity index (χ1n) is 5.26. The minimum absolute atomic E-state index is 0.0758. The van der Waals surface area contributed by atoms with Crippen LogP contribution in [0.5, 0.6) is 0 Å². The Morgan fingerprint density at radius 1 is 1.50 bits per heavy atom. The van der Waals surface area contributed by atoms with Gasteiger partial charge < -0.3 is 11.1 Å². The van der Waals surface area contributed by atoms with Gasteiger partial charge in [-0.15, -0.1) is 6.58 Å². The summed E-state index contributed by atoms with van der Waals surface area (Å²) in [6.07, 6.45) is 4.18. The molecule has 0 spiro atoms. The summed E-state index contributed by atoms with van der Waals surface area (Å²) in [5, 5.41) is 2.89. The molecule has 82 valence electrons. The maximum atomic E-state index is 11.8. The first-order chi connectivity index (χ1) is 6.66. The van der Waals surface area contributed by atoms with Gasteiger partial charge in [-0.05, 0) is 19.3 Å². The fraction of sp³-hybridized carbons (Fsp3) is 0.727. The maximum Gasteiger partial charge on any atom is 0.227 e. The molecule has 0 heterocycles. The summed E-state index contributed by atoms with van der Waals surface area (Å²) in [6, 6.07) is 0. The fourth-order valence-corrected chi connectivity index (χ4v) is 1.43. The number of nitrogens with two attached hydrogens (primary N) is 1. The van der Waals surface area contributed by atoms with Crippen LogP contribution in [0.4, 0.5) is 0 Å². The molecule has 0 aliphatic heterocycles. The fourth-order valence-electron chi connectivity index (χ4n) is 1.43. The Bertz CT molecular complexity index is 177. The number of carbonyl (C=O) groups excluding carboxylic acids is 1. The third-order valence-corrected chi connectivity index (χ3v) is 2.86. The van der Waals surface area contributed by atoms with Crippen molar-refractivity contribution in [3.63, 3.8) is 0 Å². The standard InChI is InChI=1S/C11H22N2O/c1-4-7-8-13-10(14)11(5-2,6-3)9-12/h4H,1,5-9,12H2,2-3H3,(H,13,14). The van der Waals surface area contributed by atoms with E-state index in [1.165, 1.54) is 0 Å². The van der Waals surface area contributed by atoms with Crippen molar-refractivity contribution in [1.29, 1.82) is 0 Å². The molecule has 0 aromatic carbocycles. The molecule has 14 heavy (non-hydrogen) atoms. The Kier molecular flexibility index (Phi) is 6.21. The number of rotatable bonds is 7. The number of amides is 1. The van der Waals surface area contributed by atoms with E-state index in [4.69, 9.17) is 5.73 Å². The lowest BCUT2D eigenvalue weighted by Crippen LogP contribution is -2.45. The summed E-state index contributed by atoms with van der Waals surface area (Å²) < 4.78 is 0. The second-order valence-corrected chi connectivity index (χ2v) is 3.52. The highest BCUT2D eigenvalue weighted by atomic mass is 16.2. The summed E-state index contributed by atoms with van der Waals surface area (Å²) in [6.45, 7) is 8.68. The Balaban J connectivity index is 4.21. The molecule has 0 fully saturated rings. The summed E-state index contributed by atoms with van der Waals surface area (Å²) >= 11 is 0. The van der Waals surface area contributed by atoms with Crippen LogP contribution in [0.1, 0.15) is 33.1 Å². The third-order valence-electron chi connectivity index (χ3n) is 2.86. The van der Waals surface area contributed by atoms with E-state index in [1.54, 1.807) is 6.08 Å². The lowest BCUT2D eigenvalue weighted by Gasteiger charge is -2.28. The number of hydrogen-bond donors (Lipinski definition) is 2. The summed E-state index contributed by atoms with van der Waals surface area (Å²) in [4.78, 5) is 11.8. The molecule has 0 saturated carbocycles. The molecule has 3 heteroatoms. The Morgan fingerprint density at radius 2 is 2.07 bits per heavy atom. The van der Waals surface area contributed by atoms with Crippen LogP contribution in [0.3, 0.4) is 0 Å². The molecule has 0 aliphatic rings. The molecule has 0 radical (unpaired) electrons. The van der Waals surface area contributed by atoms with E-state index in [0.29, 0.717) is 13.1 Å². The predicted octanol–water partition coefficient (Wildman–Crippen LogP) is 1.44. The minimum atomic E-state index is -0.374. The van der Waals surface area contributed by atoms with Gasteiger partial charge in [0.1, 0.15) is 0 Å². The number of nitrogens with one attached hydrogen (secondary N) is 1. The van der Waals surface area contributed by atoms with Crippen LogP contribution in [-0.4, -0.2) is 19.0 Å². The van der Waals surface area contributed by atoms with E-state index < -0.39 is 0 Å². The highest BCUT2D eigenvalue weighted by molar-refractivity contribution is 5.82. The SMILES string of the molecule is C=CCCNC(=O)C(CC)(CC)CN. The lowest BCUT2D eigenvalue weighted by atomic mass is 9.81. The van der Waals surface area contributed by atoms with Gasteiger partial charge >= 0.3 is 0 Å².